The predicted octanol–water partition coefficient (Wildman–Crippen LogP) is 4.13. The summed E-state index contributed by atoms with van der Waals surface area (Å²) in [6, 6.07) is 7.65. The number of fused-ring (bicyclic) bond motifs is 1. The van der Waals surface area contributed by atoms with Gasteiger partial charge in [0.1, 0.15) is 5.75 Å². The number of nitrogens with zero attached hydrogens (tertiary/aromatic N) is 1. The Morgan fingerprint density at radius 2 is 2.00 bits per heavy atom. The summed E-state index contributed by atoms with van der Waals surface area (Å²) in [6.07, 6.45) is 6.49. The lowest BCUT2D eigenvalue weighted by atomic mass is 9.75. The van der Waals surface area contributed by atoms with Crippen molar-refractivity contribution in [2.24, 2.45) is 11.8 Å². The first kappa shape index (κ1) is 15.2. The SMILES string of the molecule is CCOc1ccccc1NC(=O)N1CC[C@H]2CCCC[C@@H]2C1. The highest BCUT2D eigenvalue weighted by molar-refractivity contribution is 5.91. The van der Waals surface area contributed by atoms with Crippen molar-refractivity contribution in [2.75, 3.05) is 25.0 Å². The maximum Gasteiger partial charge on any atom is 0.321 e. The number of para-hydroxylation sites is 2. The predicted molar refractivity (Wildman–Crippen MR) is 88.3 cm³/mol. The van der Waals surface area contributed by atoms with E-state index >= 15 is 0 Å². The Hall–Kier alpha value is -1.71. The van der Waals surface area contributed by atoms with Crippen molar-refractivity contribution in [1.82, 2.24) is 4.90 Å². The minimum absolute atomic E-state index is 0.0103. The first-order valence-electron chi connectivity index (χ1n) is 8.55. The molecule has 3 rings (SSSR count). The van der Waals surface area contributed by atoms with Crippen LogP contribution in [0.2, 0.25) is 0 Å². The van der Waals surface area contributed by atoms with Crippen LogP contribution in [0, 0.1) is 11.8 Å². The molecule has 22 heavy (non-hydrogen) atoms. The van der Waals surface area contributed by atoms with E-state index in [0.717, 1.165) is 36.9 Å². The van der Waals surface area contributed by atoms with Crippen molar-refractivity contribution in [3.63, 3.8) is 0 Å². The summed E-state index contributed by atoms with van der Waals surface area (Å²) in [7, 11) is 0. The molecule has 4 nitrogen and oxygen atoms in total. The van der Waals surface area contributed by atoms with Gasteiger partial charge in [0.2, 0.25) is 0 Å². The summed E-state index contributed by atoms with van der Waals surface area (Å²) < 4.78 is 5.58. The van der Waals surface area contributed by atoms with Gasteiger partial charge in [0, 0.05) is 13.1 Å². The van der Waals surface area contributed by atoms with Gasteiger partial charge in [-0.2, -0.15) is 0 Å². The smallest absolute Gasteiger partial charge is 0.321 e. The van der Waals surface area contributed by atoms with Crippen LogP contribution >= 0.6 is 0 Å². The van der Waals surface area contributed by atoms with Crippen LogP contribution in [0.25, 0.3) is 0 Å². The molecule has 0 spiro atoms. The fourth-order valence-electron chi connectivity index (χ4n) is 3.83. The Morgan fingerprint density at radius 3 is 2.82 bits per heavy atom. The van der Waals surface area contributed by atoms with Crippen LogP contribution in [0.15, 0.2) is 24.3 Å². The molecule has 2 aliphatic rings. The molecule has 0 unspecified atom stereocenters. The summed E-state index contributed by atoms with van der Waals surface area (Å²) in [6.45, 7) is 4.34. The number of carbonyl (C=O) groups is 1. The van der Waals surface area contributed by atoms with Crippen LogP contribution in [0.5, 0.6) is 5.75 Å². The van der Waals surface area contributed by atoms with Crippen molar-refractivity contribution in [1.29, 1.82) is 0 Å². The number of anilines is 1. The number of carbonyl (C=O) groups excluding carboxylic acids is 1. The van der Waals surface area contributed by atoms with Gasteiger partial charge in [0.25, 0.3) is 0 Å². The Bertz CT molecular complexity index is 518. The molecule has 1 aliphatic carbocycles. The van der Waals surface area contributed by atoms with Gasteiger partial charge in [-0.3, -0.25) is 0 Å². The zero-order chi connectivity index (χ0) is 15.4. The molecule has 1 aliphatic heterocycles. The van der Waals surface area contributed by atoms with Crippen LogP contribution in [-0.2, 0) is 0 Å². The third-order valence-electron chi connectivity index (χ3n) is 5.01. The van der Waals surface area contributed by atoms with E-state index < -0.39 is 0 Å². The van der Waals surface area contributed by atoms with Gasteiger partial charge in [0.15, 0.2) is 0 Å². The second-order valence-electron chi connectivity index (χ2n) is 6.40. The summed E-state index contributed by atoms with van der Waals surface area (Å²) >= 11 is 0. The minimum Gasteiger partial charge on any atom is -0.492 e. The maximum atomic E-state index is 12.6. The van der Waals surface area contributed by atoms with Gasteiger partial charge in [-0.05, 0) is 43.7 Å². The van der Waals surface area contributed by atoms with E-state index in [1.807, 2.05) is 36.1 Å². The molecule has 2 atom stereocenters. The summed E-state index contributed by atoms with van der Waals surface area (Å²) in [5.74, 6) is 2.29. The van der Waals surface area contributed by atoms with Crippen molar-refractivity contribution >= 4 is 11.7 Å². The molecule has 1 aromatic carbocycles. The Labute approximate surface area is 132 Å². The molecule has 4 heteroatoms. The first-order valence-corrected chi connectivity index (χ1v) is 8.55. The number of urea groups is 1. The largest absolute Gasteiger partial charge is 0.492 e. The first-order chi connectivity index (χ1) is 10.8. The number of nitrogens with one attached hydrogen (secondary N) is 1. The molecule has 1 saturated carbocycles. The topological polar surface area (TPSA) is 41.6 Å². The molecule has 2 amide bonds. The molecule has 2 fully saturated rings. The summed E-state index contributed by atoms with van der Waals surface area (Å²) in [5, 5.41) is 3.02. The highest BCUT2D eigenvalue weighted by atomic mass is 16.5. The zero-order valence-electron chi connectivity index (χ0n) is 13.4. The average molecular weight is 302 g/mol. The summed E-state index contributed by atoms with van der Waals surface area (Å²) in [5.41, 5.74) is 0.764. The van der Waals surface area contributed by atoms with Crippen LogP contribution in [0.4, 0.5) is 10.5 Å². The van der Waals surface area contributed by atoms with E-state index in [9.17, 15) is 4.79 Å². The van der Waals surface area contributed by atoms with Crippen LogP contribution < -0.4 is 10.1 Å². The van der Waals surface area contributed by atoms with Gasteiger partial charge in [-0.25, -0.2) is 4.79 Å². The molecule has 120 valence electrons. The van der Waals surface area contributed by atoms with E-state index in [4.69, 9.17) is 4.74 Å². The molecule has 0 radical (unpaired) electrons. The second-order valence-corrected chi connectivity index (χ2v) is 6.40. The lowest BCUT2D eigenvalue weighted by molar-refractivity contribution is 0.108. The molecule has 1 heterocycles. The Kier molecular flexibility index (Phi) is 4.86. The molecular weight excluding hydrogens is 276 g/mol. The fraction of sp³-hybridized carbons (Fsp3) is 0.611. The van der Waals surface area contributed by atoms with Gasteiger partial charge < -0.3 is 15.0 Å². The molecule has 0 aromatic heterocycles. The maximum absolute atomic E-state index is 12.6. The Morgan fingerprint density at radius 1 is 1.23 bits per heavy atom. The second kappa shape index (κ2) is 7.03. The van der Waals surface area contributed by atoms with E-state index in [1.54, 1.807) is 0 Å². The fourth-order valence-corrected chi connectivity index (χ4v) is 3.83. The number of amides is 2. The van der Waals surface area contributed by atoms with E-state index in [1.165, 1.54) is 25.7 Å². The van der Waals surface area contributed by atoms with Crippen molar-refractivity contribution in [3.8, 4) is 5.75 Å². The average Bonchev–Trinajstić information content (AvgIpc) is 2.56. The van der Waals surface area contributed by atoms with E-state index in [0.29, 0.717) is 12.5 Å². The Balaban J connectivity index is 1.62. The lowest BCUT2D eigenvalue weighted by Crippen LogP contribution is -2.46. The van der Waals surface area contributed by atoms with Gasteiger partial charge in [-0.1, -0.05) is 31.4 Å². The molecule has 0 bridgehead atoms. The number of rotatable bonds is 3. The highest BCUT2D eigenvalue weighted by Crippen LogP contribution is 2.36. The number of ether oxygens (including phenoxy) is 1. The van der Waals surface area contributed by atoms with Crippen molar-refractivity contribution in [2.45, 2.75) is 39.0 Å². The number of piperidine rings is 1. The van der Waals surface area contributed by atoms with Crippen molar-refractivity contribution in [3.05, 3.63) is 24.3 Å². The van der Waals surface area contributed by atoms with Gasteiger partial charge in [0.05, 0.1) is 12.3 Å². The van der Waals surface area contributed by atoms with Gasteiger partial charge in [-0.15, -0.1) is 0 Å². The van der Waals surface area contributed by atoms with Crippen LogP contribution in [0.1, 0.15) is 39.0 Å². The molecule has 1 N–H and O–H groups in total. The monoisotopic (exact) mass is 302 g/mol. The molecule has 1 saturated heterocycles. The third kappa shape index (κ3) is 3.37. The highest BCUT2D eigenvalue weighted by Gasteiger charge is 2.33. The number of hydrogen-bond acceptors (Lipinski definition) is 2. The molecule has 1 aromatic rings. The minimum atomic E-state index is 0.0103. The number of hydrogen-bond donors (Lipinski definition) is 1. The van der Waals surface area contributed by atoms with Crippen LogP contribution in [0.3, 0.4) is 0 Å². The van der Waals surface area contributed by atoms with Crippen LogP contribution in [-0.4, -0.2) is 30.6 Å². The molecular formula is C18H26N2O2. The summed E-state index contributed by atoms with van der Waals surface area (Å²) in [4.78, 5) is 14.5. The van der Waals surface area contributed by atoms with Gasteiger partial charge >= 0.3 is 6.03 Å². The normalized spacial score (nSPS) is 24.5. The van der Waals surface area contributed by atoms with Crippen molar-refractivity contribution < 1.29 is 9.53 Å². The number of likely N-dealkylation sites (tertiary alicyclic amines) is 1. The lowest BCUT2D eigenvalue weighted by Gasteiger charge is -2.41. The number of benzene rings is 1. The third-order valence-corrected chi connectivity index (χ3v) is 5.01. The standard InChI is InChI=1S/C18H26N2O2/c1-2-22-17-10-6-5-9-16(17)19-18(21)20-12-11-14-7-3-4-8-15(14)13-20/h5-6,9-10,14-15H,2-4,7-8,11-13H2,1H3,(H,19,21)/t14-,15-/m1/s1. The zero-order valence-corrected chi connectivity index (χ0v) is 13.4. The quantitative estimate of drug-likeness (QED) is 0.912. The van der Waals surface area contributed by atoms with E-state index in [-0.39, 0.29) is 6.03 Å². The van der Waals surface area contributed by atoms with E-state index in [2.05, 4.69) is 5.32 Å².